The molecule has 6 fully saturated rings. The van der Waals surface area contributed by atoms with Gasteiger partial charge in [0.1, 0.15) is 36.6 Å². The normalized spacial score (nSPS) is 49.2. The van der Waals surface area contributed by atoms with Crippen molar-refractivity contribution in [1.29, 1.82) is 0 Å². The predicted octanol–water partition coefficient (Wildman–Crippen LogP) is 3.59. The van der Waals surface area contributed by atoms with E-state index in [1.54, 1.807) is 0 Å². The van der Waals surface area contributed by atoms with Gasteiger partial charge in [0, 0.05) is 5.92 Å². The van der Waals surface area contributed by atoms with Gasteiger partial charge in [-0.15, -0.1) is 0 Å². The van der Waals surface area contributed by atoms with Gasteiger partial charge in [-0.3, -0.25) is 9.59 Å². The van der Waals surface area contributed by atoms with E-state index < -0.39 is 107 Å². The summed E-state index contributed by atoms with van der Waals surface area (Å²) in [5, 5.41) is 65.3. The summed E-state index contributed by atoms with van der Waals surface area (Å²) in [4.78, 5) is 53.4. The minimum atomic E-state index is -1.94. The van der Waals surface area contributed by atoms with Crippen LogP contribution in [-0.4, -0.2) is 136 Å². The summed E-state index contributed by atoms with van der Waals surface area (Å²) in [5.74, 6) is -3.07. The average Bonchev–Trinajstić information content (AvgIpc) is 3.22. The summed E-state index contributed by atoms with van der Waals surface area (Å²) in [6, 6.07) is 0. The number of aliphatic hydroxyl groups is 5. The van der Waals surface area contributed by atoms with Gasteiger partial charge in [0.15, 0.2) is 30.6 Å². The van der Waals surface area contributed by atoms with Crippen molar-refractivity contribution in [1.82, 2.24) is 0 Å². The largest absolute Gasteiger partial charge is 0.481 e. The second kappa shape index (κ2) is 17.0. The van der Waals surface area contributed by atoms with Crippen molar-refractivity contribution < 1.29 is 78.2 Å². The van der Waals surface area contributed by atoms with Crippen LogP contribution in [0.3, 0.4) is 0 Å². The SMILES string of the molecule is CCCCOC(=O)C1OC(OC2CCC3(C)C(CCC4(C)C3C(=O)C=C3C5CC(C)(C(=O)O)CCC5(C)CCC34C)C2(C)C)C(OC2OC(C(=O)OC)C(O)C(O)C2O)C(O)C1O. The summed E-state index contributed by atoms with van der Waals surface area (Å²) in [5.41, 5.74) is -1.67. The van der Waals surface area contributed by atoms with Gasteiger partial charge in [-0.2, -0.15) is 0 Å². The molecule has 0 aromatic rings. The fourth-order valence-electron chi connectivity index (χ4n) is 13.9. The molecule has 0 aromatic carbocycles. The Labute approximate surface area is 370 Å². The van der Waals surface area contributed by atoms with E-state index in [9.17, 15) is 49.8 Å². The maximum Gasteiger partial charge on any atom is 0.338 e. The Morgan fingerprint density at radius 2 is 1.40 bits per heavy atom. The minimum absolute atomic E-state index is 0.00832. The highest BCUT2D eigenvalue weighted by Gasteiger charge is 2.71. The summed E-state index contributed by atoms with van der Waals surface area (Å²) < 4.78 is 34.6. The number of hydrogen-bond acceptors (Lipinski definition) is 15. The molecule has 356 valence electrons. The van der Waals surface area contributed by atoms with E-state index in [-0.39, 0.29) is 41.0 Å². The van der Waals surface area contributed by atoms with Crippen molar-refractivity contribution in [2.75, 3.05) is 13.7 Å². The van der Waals surface area contributed by atoms with Crippen LogP contribution < -0.4 is 0 Å². The molecule has 63 heavy (non-hydrogen) atoms. The number of carboxylic acids is 1. The van der Waals surface area contributed by atoms with Gasteiger partial charge in [-0.05, 0) is 116 Å². The summed E-state index contributed by atoms with van der Waals surface area (Å²) in [6.07, 6.45) is -9.22. The molecule has 4 saturated carbocycles. The second-order valence-corrected chi connectivity index (χ2v) is 22.0. The number of esters is 2. The lowest BCUT2D eigenvalue weighted by molar-refractivity contribution is -0.371. The molecular formula is C47H72O16. The molecule has 6 N–H and O–H groups in total. The molecule has 0 bridgehead atoms. The Bertz CT molecular complexity index is 1820. The number of hydrogen-bond donors (Lipinski definition) is 6. The van der Waals surface area contributed by atoms with Crippen LogP contribution in [0, 0.1) is 50.2 Å². The number of aliphatic hydroxyl groups excluding tert-OH is 5. The van der Waals surface area contributed by atoms with Crippen LogP contribution >= 0.6 is 0 Å². The van der Waals surface area contributed by atoms with E-state index in [2.05, 4.69) is 41.5 Å². The third-order valence-corrected chi connectivity index (χ3v) is 18.1. The van der Waals surface area contributed by atoms with Crippen LogP contribution in [0.2, 0.25) is 0 Å². The molecule has 19 atom stereocenters. The molecule has 16 nitrogen and oxygen atoms in total. The summed E-state index contributed by atoms with van der Waals surface area (Å²) in [6.45, 7) is 17.1. The van der Waals surface area contributed by atoms with Gasteiger partial charge in [-0.1, -0.05) is 60.5 Å². The van der Waals surface area contributed by atoms with Gasteiger partial charge in [0.2, 0.25) is 0 Å². The molecule has 0 amide bonds. The molecule has 5 aliphatic carbocycles. The quantitative estimate of drug-likeness (QED) is 0.104. The lowest BCUT2D eigenvalue weighted by atomic mass is 9.33. The smallest absolute Gasteiger partial charge is 0.338 e. The van der Waals surface area contributed by atoms with Crippen LogP contribution in [0.5, 0.6) is 0 Å². The van der Waals surface area contributed by atoms with Crippen LogP contribution in [0.15, 0.2) is 11.6 Å². The highest BCUT2D eigenvalue weighted by molar-refractivity contribution is 5.95. The topological polar surface area (TPSA) is 245 Å². The zero-order chi connectivity index (χ0) is 46.4. The number of ether oxygens (including phenoxy) is 6. The van der Waals surface area contributed by atoms with E-state index >= 15 is 0 Å². The number of rotatable bonds is 10. The lowest BCUT2D eigenvalue weighted by Crippen LogP contribution is -2.68. The number of ketones is 1. The maximum atomic E-state index is 15.0. The van der Waals surface area contributed by atoms with Crippen molar-refractivity contribution in [2.24, 2.45) is 50.2 Å². The predicted molar refractivity (Wildman–Crippen MR) is 222 cm³/mol. The monoisotopic (exact) mass is 892 g/mol. The first-order valence-corrected chi connectivity index (χ1v) is 23.1. The van der Waals surface area contributed by atoms with Crippen molar-refractivity contribution in [3.05, 3.63) is 11.6 Å². The number of carbonyl (C=O) groups is 4. The summed E-state index contributed by atoms with van der Waals surface area (Å²) in [7, 11) is 1.05. The number of unbranched alkanes of at least 4 members (excludes halogenated alkanes) is 1. The molecule has 2 heterocycles. The zero-order valence-electron chi connectivity index (χ0n) is 38.4. The molecular weight excluding hydrogens is 821 g/mol. The Kier molecular flexibility index (Phi) is 13.0. The van der Waals surface area contributed by atoms with Crippen LogP contribution in [0.4, 0.5) is 0 Å². The van der Waals surface area contributed by atoms with Crippen molar-refractivity contribution in [3.63, 3.8) is 0 Å². The number of allylic oxidation sites excluding steroid dienone is 2. The number of carbonyl (C=O) groups excluding carboxylic acids is 3. The fraction of sp³-hybridized carbons (Fsp3) is 0.872. The zero-order valence-corrected chi connectivity index (χ0v) is 38.4. The molecule has 2 saturated heterocycles. The van der Waals surface area contributed by atoms with E-state index in [0.29, 0.717) is 32.1 Å². The molecule has 0 radical (unpaired) electrons. The molecule has 0 spiro atoms. The molecule has 16 heteroatoms. The number of carboxylic acid groups (broad SMARTS) is 1. The lowest BCUT2D eigenvalue weighted by Gasteiger charge is -2.70. The maximum absolute atomic E-state index is 15.0. The van der Waals surface area contributed by atoms with Gasteiger partial charge in [0.05, 0.1) is 25.2 Å². The van der Waals surface area contributed by atoms with Crippen molar-refractivity contribution in [3.8, 4) is 0 Å². The highest BCUT2D eigenvalue weighted by Crippen LogP contribution is 2.75. The Hall–Kier alpha value is -2.54. The first-order valence-electron chi connectivity index (χ1n) is 23.1. The van der Waals surface area contributed by atoms with Gasteiger partial charge < -0.3 is 59.1 Å². The Morgan fingerprint density at radius 1 is 0.762 bits per heavy atom. The second-order valence-electron chi connectivity index (χ2n) is 22.0. The van der Waals surface area contributed by atoms with Crippen molar-refractivity contribution >= 4 is 23.7 Å². The molecule has 0 aromatic heterocycles. The van der Waals surface area contributed by atoms with Crippen LogP contribution in [0.25, 0.3) is 0 Å². The Balaban J connectivity index is 1.18. The van der Waals surface area contributed by atoms with Gasteiger partial charge in [-0.25, -0.2) is 9.59 Å². The summed E-state index contributed by atoms with van der Waals surface area (Å²) >= 11 is 0. The van der Waals surface area contributed by atoms with Crippen molar-refractivity contribution in [2.45, 2.75) is 194 Å². The number of fused-ring (bicyclic) bond motifs is 7. The average molecular weight is 893 g/mol. The molecule has 7 rings (SSSR count). The molecule has 19 unspecified atom stereocenters. The van der Waals surface area contributed by atoms with Gasteiger partial charge in [0.25, 0.3) is 0 Å². The first-order chi connectivity index (χ1) is 29.3. The first kappa shape index (κ1) is 48.4. The minimum Gasteiger partial charge on any atom is -0.481 e. The van der Waals surface area contributed by atoms with Gasteiger partial charge >= 0.3 is 17.9 Å². The Morgan fingerprint density at radius 3 is 2.05 bits per heavy atom. The fourth-order valence-corrected chi connectivity index (χ4v) is 13.9. The third-order valence-electron chi connectivity index (χ3n) is 18.1. The van der Waals surface area contributed by atoms with Crippen LogP contribution in [-0.2, 0) is 47.6 Å². The molecule has 2 aliphatic heterocycles. The standard InChI is InChI=1S/C47H72O16/c1-10-11-20-59-38(55)34-30(51)31(52)35(63-39-32(53)28(49)29(50)33(61-39)37(54)58-9)40(62-34)60-27-13-14-45(6)26(42(27,2)3)12-15-47(8)36(45)25(48)21-23-24-22-44(5,41(56)57)17-16-43(24,4)18-19-46(23,47)7/h21,24,26-36,39-40,49-53H,10-20,22H2,1-9H3,(H,56,57). The molecule has 7 aliphatic rings. The number of aliphatic carboxylic acids is 1. The number of methoxy groups -OCH3 is 1. The van der Waals surface area contributed by atoms with E-state index in [1.807, 2.05) is 19.9 Å². The van der Waals surface area contributed by atoms with Crippen LogP contribution in [0.1, 0.15) is 126 Å². The van der Waals surface area contributed by atoms with E-state index in [0.717, 1.165) is 51.2 Å². The van der Waals surface area contributed by atoms with E-state index in [4.69, 9.17) is 28.4 Å². The highest BCUT2D eigenvalue weighted by atomic mass is 16.8. The van der Waals surface area contributed by atoms with E-state index in [1.165, 1.54) is 0 Å². The third kappa shape index (κ3) is 7.62.